The quantitative estimate of drug-likeness (QED) is 0.642. The smallest absolute Gasteiger partial charge is 0.336 e. The SMILES string of the molecule is Nc1cc(C(=O)O)c(-c2cccc([N+](=O)[O-])c2)cn1. The number of nitrogen functional groups attached to an aromatic ring is 1. The minimum absolute atomic E-state index is 0.0482. The van der Waals surface area contributed by atoms with E-state index in [4.69, 9.17) is 10.8 Å². The number of anilines is 1. The molecule has 0 amide bonds. The van der Waals surface area contributed by atoms with Crippen LogP contribution in [0, 0.1) is 10.1 Å². The molecule has 0 saturated carbocycles. The van der Waals surface area contributed by atoms with Crippen LogP contribution in [0.15, 0.2) is 36.5 Å². The van der Waals surface area contributed by atoms with Crippen molar-refractivity contribution >= 4 is 17.5 Å². The molecule has 7 heteroatoms. The summed E-state index contributed by atoms with van der Waals surface area (Å²) in [5.41, 5.74) is 5.96. The van der Waals surface area contributed by atoms with Crippen molar-refractivity contribution < 1.29 is 14.8 Å². The summed E-state index contributed by atoms with van der Waals surface area (Å²) >= 11 is 0. The van der Waals surface area contributed by atoms with E-state index in [0.29, 0.717) is 5.56 Å². The molecule has 0 spiro atoms. The average molecular weight is 259 g/mol. The molecule has 1 heterocycles. The summed E-state index contributed by atoms with van der Waals surface area (Å²) in [6.45, 7) is 0. The van der Waals surface area contributed by atoms with Gasteiger partial charge in [-0.15, -0.1) is 0 Å². The lowest BCUT2D eigenvalue weighted by atomic mass is 10.0. The fraction of sp³-hybridized carbons (Fsp3) is 0. The maximum absolute atomic E-state index is 11.1. The number of carboxylic acid groups (broad SMARTS) is 1. The van der Waals surface area contributed by atoms with Gasteiger partial charge < -0.3 is 10.8 Å². The lowest BCUT2D eigenvalue weighted by Gasteiger charge is -2.06. The number of hydrogen-bond acceptors (Lipinski definition) is 5. The third kappa shape index (κ3) is 2.49. The fourth-order valence-electron chi connectivity index (χ4n) is 1.67. The van der Waals surface area contributed by atoms with E-state index < -0.39 is 10.9 Å². The first-order valence-electron chi connectivity index (χ1n) is 5.22. The van der Waals surface area contributed by atoms with Crippen LogP contribution >= 0.6 is 0 Å². The van der Waals surface area contributed by atoms with E-state index in [1.807, 2.05) is 0 Å². The summed E-state index contributed by atoms with van der Waals surface area (Å²) in [6.07, 6.45) is 1.29. The van der Waals surface area contributed by atoms with Crippen LogP contribution in [0.5, 0.6) is 0 Å². The number of aromatic carboxylic acids is 1. The molecule has 0 aliphatic heterocycles. The minimum atomic E-state index is -1.17. The Bertz CT molecular complexity index is 670. The number of benzene rings is 1. The number of carboxylic acids is 1. The number of rotatable bonds is 3. The van der Waals surface area contributed by atoms with E-state index in [1.165, 1.54) is 30.5 Å². The van der Waals surface area contributed by atoms with Crippen molar-refractivity contribution in [3.05, 3.63) is 52.2 Å². The third-order valence-corrected chi connectivity index (χ3v) is 2.52. The Hall–Kier alpha value is -2.96. The van der Waals surface area contributed by atoms with Crippen LogP contribution in [0.2, 0.25) is 0 Å². The Morgan fingerprint density at radius 3 is 2.74 bits per heavy atom. The molecular formula is C12H9N3O4. The summed E-state index contributed by atoms with van der Waals surface area (Å²) in [6, 6.07) is 6.90. The summed E-state index contributed by atoms with van der Waals surface area (Å²) in [7, 11) is 0. The highest BCUT2D eigenvalue weighted by molar-refractivity contribution is 5.96. The van der Waals surface area contributed by atoms with Crippen molar-refractivity contribution in [3.63, 3.8) is 0 Å². The molecule has 3 N–H and O–H groups in total. The third-order valence-electron chi connectivity index (χ3n) is 2.52. The van der Waals surface area contributed by atoms with Gasteiger partial charge in [-0.1, -0.05) is 12.1 Å². The first-order chi connectivity index (χ1) is 8.99. The molecule has 1 aromatic carbocycles. The molecule has 0 saturated heterocycles. The highest BCUT2D eigenvalue weighted by atomic mass is 16.6. The second kappa shape index (κ2) is 4.73. The van der Waals surface area contributed by atoms with Gasteiger partial charge in [-0.3, -0.25) is 10.1 Å². The zero-order valence-corrected chi connectivity index (χ0v) is 9.61. The summed E-state index contributed by atoms with van der Waals surface area (Å²) in [5.74, 6) is -1.10. The number of carbonyl (C=O) groups is 1. The lowest BCUT2D eigenvalue weighted by molar-refractivity contribution is -0.384. The van der Waals surface area contributed by atoms with Gasteiger partial charge in [0.15, 0.2) is 0 Å². The van der Waals surface area contributed by atoms with Gasteiger partial charge in [0.25, 0.3) is 5.69 Å². The van der Waals surface area contributed by atoms with Crippen LogP contribution in [-0.2, 0) is 0 Å². The van der Waals surface area contributed by atoms with E-state index >= 15 is 0 Å². The van der Waals surface area contributed by atoms with E-state index in [1.54, 1.807) is 6.07 Å². The predicted molar refractivity (Wildman–Crippen MR) is 67.7 cm³/mol. The Morgan fingerprint density at radius 2 is 2.11 bits per heavy atom. The molecule has 2 aromatic rings. The number of nitrogens with zero attached hydrogens (tertiary/aromatic N) is 2. The lowest BCUT2D eigenvalue weighted by Crippen LogP contribution is -2.03. The van der Waals surface area contributed by atoms with Crippen molar-refractivity contribution in [1.82, 2.24) is 4.98 Å². The molecule has 0 aliphatic rings. The molecule has 0 radical (unpaired) electrons. The van der Waals surface area contributed by atoms with Crippen molar-refractivity contribution in [1.29, 1.82) is 0 Å². The maximum Gasteiger partial charge on any atom is 0.336 e. The Morgan fingerprint density at radius 1 is 1.37 bits per heavy atom. The minimum Gasteiger partial charge on any atom is -0.478 e. The molecule has 96 valence electrons. The molecule has 0 bridgehead atoms. The second-order valence-corrected chi connectivity index (χ2v) is 3.77. The Kier molecular flexibility index (Phi) is 3.11. The van der Waals surface area contributed by atoms with Crippen LogP contribution < -0.4 is 5.73 Å². The first kappa shape index (κ1) is 12.5. The van der Waals surface area contributed by atoms with Crippen molar-refractivity contribution in [2.24, 2.45) is 0 Å². The van der Waals surface area contributed by atoms with Gasteiger partial charge in [-0.25, -0.2) is 9.78 Å². The highest BCUT2D eigenvalue weighted by Crippen LogP contribution is 2.27. The number of nitro groups is 1. The van der Waals surface area contributed by atoms with Gasteiger partial charge in [0.1, 0.15) is 5.82 Å². The van der Waals surface area contributed by atoms with Gasteiger partial charge in [0.05, 0.1) is 10.5 Å². The molecular weight excluding hydrogens is 250 g/mol. The van der Waals surface area contributed by atoms with Crippen LogP contribution in [0.4, 0.5) is 11.5 Å². The van der Waals surface area contributed by atoms with Gasteiger partial charge in [-0.05, 0) is 11.6 Å². The number of nitrogens with two attached hydrogens (primary N) is 1. The first-order valence-corrected chi connectivity index (χ1v) is 5.22. The summed E-state index contributed by atoms with van der Waals surface area (Å²) in [5, 5.41) is 19.8. The Balaban J connectivity index is 2.61. The zero-order valence-electron chi connectivity index (χ0n) is 9.61. The van der Waals surface area contributed by atoms with Crippen LogP contribution in [0.3, 0.4) is 0 Å². The number of non-ortho nitro benzene ring substituents is 1. The predicted octanol–water partition coefficient (Wildman–Crippen LogP) is 1.94. The molecule has 19 heavy (non-hydrogen) atoms. The van der Waals surface area contributed by atoms with Crippen LogP contribution in [0.1, 0.15) is 10.4 Å². The number of pyridine rings is 1. The molecule has 1 aromatic heterocycles. The van der Waals surface area contributed by atoms with Crippen molar-refractivity contribution in [2.45, 2.75) is 0 Å². The Labute approximate surface area is 107 Å². The van der Waals surface area contributed by atoms with Gasteiger partial charge in [-0.2, -0.15) is 0 Å². The number of hydrogen-bond donors (Lipinski definition) is 2. The highest BCUT2D eigenvalue weighted by Gasteiger charge is 2.15. The monoisotopic (exact) mass is 259 g/mol. The average Bonchev–Trinajstić information content (AvgIpc) is 2.38. The molecule has 0 fully saturated rings. The van der Waals surface area contributed by atoms with Crippen LogP contribution in [-0.4, -0.2) is 21.0 Å². The number of nitro benzene ring substituents is 1. The van der Waals surface area contributed by atoms with Crippen LogP contribution in [0.25, 0.3) is 11.1 Å². The summed E-state index contributed by atoms with van der Waals surface area (Å²) in [4.78, 5) is 25.1. The topological polar surface area (TPSA) is 119 Å². The number of aromatic nitrogens is 1. The molecule has 0 aliphatic carbocycles. The van der Waals surface area contributed by atoms with E-state index in [-0.39, 0.29) is 22.6 Å². The fourth-order valence-corrected chi connectivity index (χ4v) is 1.67. The maximum atomic E-state index is 11.1. The molecule has 0 atom stereocenters. The standard InChI is InChI=1S/C12H9N3O4/c13-11-5-9(12(16)17)10(6-14-11)7-2-1-3-8(4-7)15(18)19/h1-6H,(H2,13,14)(H,16,17). The van der Waals surface area contributed by atoms with Gasteiger partial charge in [0.2, 0.25) is 0 Å². The zero-order chi connectivity index (χ0) is 14.0. The van der Waals surface area contributed by atoms with E-state index in [0.717, 1.165) is 0 Å². The molecule has 0 unspecified atom stereocenters. The molecule has 7 nitrogen and oxygen atoms in total. The van der Waals surface area contributed by atoms with Gasteiger partial charge >= 0.3 is 5.97 Å². The van der Waals surface area contributed by atoms with Crippen molar-refractivity contribution in [2.75, 3.05) is 5.73 Å². The normalized spacial score (nSPS) is 10.1. The van der Waals surface area contributed by atoms with E-state index in [2.05, 4.69) is 4.98 Å². The van der Waals surface area contributed by atoms with E-state index in [9.17, 15) is 14.9 Å². The largest absolute Gasteiger partial charge is 0.478 e. The second-order valence-electron chi connectivity index (χ2n) is 3.77. The molecule has 2 rings (SSSR count). The van der Waals surface area contributed by atoms with Gasteiger partial charge in [0, 0.05) is 23.9 Å². The van der Waals surface area contributed by atoms with Crippen molar-refractivity contribution in [3.8, 4) is 11.1 Å². The summed E-state index contributed by atoms with van der Waals surface area (Å²) < 4.78 is 0.